The highest BCUT2D eigenvalue weighted by Crippen LogP contribution is 2.44. The highest BCUT2D eigenvalue weighted by atomic mass is 16.3. The van der Waals surface area contributed by atoms with Crippen molar-refractivity contribution >= 4 is 0 Å². The maximum Gasteiger partial charge on any atom is 0.118 e. The second kappa shape index (κ2) is 5.84. The molecule has 1 aliphatic heterocycles. The molecule has 0 aromatic heterocycles. The summed E-state index contributed by atoms with van der Waals surface area (Å²) in [5, 5.41) is 10.0. The molecule has 1 N–H and O–H groups in total. The lowest BCUT2D eigenvalue weighted by Gasteiger charge is -2.42. The molecule has 0 amide bonds. The van der Waals surface area contributed by atoms with E-state index in [1.165, 1.54) is 49.1 Å². The lowest BCUT2D eigenvalue weighted by Crippen LogP contribution is -2.41. The standard InChI is InChI=1S/C19H27NO/c1-13(2)8-10-20-11-9-17-16(12-20)5-4-15-6-7-18(21)14(3)19(15)17/h6-8,16-17,21H,4-5,9-12H2,1-3H3. The summed E-state index contributed by atoms with van der Waals surface area (Å²) in [4.78, 5) is 2.59. The maximum atomic E-state index is 10.0. The van der Waals surface area contributed by atoms with Crippen molar-refractivity contribution in [3.63, 3.8) is 0 Å². The monoisotopic (exact) mass is 285 g/mol. The Morgan fingerprint density at radius 3 is 2.90 bits per heavy atom. The van der Waals surface area contributed by atoms with E-state index in [0.29, 0.717) is 11.7 Å². The van der Waals surface area contributed by atoms with E-state index in [4.69, 9.17) is 0 Å². The smallest absolute Gasteiger partial charge is 0.118 e. The zero-order valence-corrected chi connectivity index (χ0v) is 13.5. The van der Waals surface area contributed by atoms with Crippen molar-refractivity contribution < 1.29 is 5.11 Å². The SMILES string of the molecule is CC(C)=CCN1CCC2c3c(ccc(O)c3C)CCC2C1. The summed E-state index contributed by atoms with van der Waals surface area (Å²) in [6.45, 7) is 9.93. The topological polar surface area (TPSA) is 23.5 Å². The Morgan fingerprint density at radius 1 is 1.33 bits per heavy atom. The molecule has 2 heteroatoms. The highest BCUT2D eigenvalue weighted by Gasteiger charge is 2.35. The minimum Gasteiger partial charge on any atom is -0.508 e. The molecule has 2 nitrogen and oxygen atoms in total. The quantitative estimate of drug-likeness (QED) is 0.830. The van der Waals surface area contributed by atoms with Crippen molar-refractivity contribution in [1.29, 1.82) is 0 Å². The van der Waals surface area contributed by atoms with Gasteiger partial charge in [0.05, 0.1) is 0 Å². The molecule has 21 heavy (non-hydrogen) atoms. The number of aromatic hydroxyl groups is 1. The van der Waals surface area contributed by atoms with Crippen molar-refractivity contribution in [3.05, 3.63) is 40.5 Å². The van der Waals surface area contributed by atoms with Crippen LogP contribution in [0.3, 0.4) is 0 Å². The van der Waals surface area contributed by atoms with Gasteiger partial charge in [0.1, 0.15) is 5.75 Å². The summed E-state index contributed by atoms with van der Waals surface area (Å²) in [5.74, 6) is 1.89. The number of aryl methyl sites for hydroxylation is 1. The van der Waals surface area contributed by atoms with Crippen LogP contribution in [0.4, 0.5) is 0 Å². The van der Waals surface area contributed by atoms with Gasteiger partial charge in [0, 0.05) is 13.1 Å². The van der Waals surface area contributed by atoms with Crippen molar-refractivity contribution in [2.75, 3.05) is 19.6 Å². The normalized spacial score (nSPS) is 25.1. The van der Waals surface area contributed by atoms with Crippen LogP contribution in [0.15, 0.2) is 23.8 Å². The van der Waals surface area contributed by atoms with Gasteiger partial charge in [-0.3, -0.25) is 4.90 Å². The molecule has 114 valence electrons. The van der Waals surface area contributed by atoms with Gasteiger partial charge in [-0.15, -0.1) is 0 Å². The third-order valence-corrected chi connectivity index (χ3v) is 5.31. The van der Waals surface area contributed by atoms with Crippen LogP contribution >= 0.6 is 0 Å². The fourth-order valence-corrected chi connectivity index (χ4v) is 4.11. The molecule has 0 radical (unpaired) electrons. The minimum atomic E-state index is 0.473. The Bertz CT molecular complexity index is 557. The molecule has 2 atom stereocenters. The number of piperidine rings is 1. The fraction of sp³-hybridized carbons (Fsp3) is 0.579. The van der Waals surface area contributed by atoms with Gasteiger partial charge in [0.15, 0.2) is 0 Å². The summed E-state index contributed by atoms with van der Waals surface area (Å²) < 4.78 is 0. The fourth-order valence-electron chi connectivity index (χ4n) is 4.11. The van der Waals surface area contributed by atoms with E-state index in [-0.39, 0.29) is 0 Å². The molecule has 0 bridgehead atoms. The molecular weight excluding hydrogens is 258 g/mol. The van der Waals surface area contributed by atoms with E-state index in [2.05, 4.69) is 37.8 Å². The third-order valence-electron chi connectivity index (χ3n) is 5.31. The van der Waals surface area contributed by atoms with E-state index in [9.17, 15) is 5.11 Å². The Morgan fingerprint density at radius 2 is 2.14 bits per heavy atom. The number of hydrogen-bond acceptors (Lipinski definition) is 2. The van der Waals surface area contributed by atoms with E-state index in [0.717, 1.165) is 18.0 Å². The van der Waals surface area contributed by atoms with Crippen LogP contribution < -0.4 is 0 Å². The summed E-state index contributed by atoms with van der Waals surface area (Å²) in [6, 6.07) is 4.02. The van der Waals surface area contributed by atoms with Gasteiger partial charge in [-0.1, -0.05) is 17.7 Å². The summed E-state index contributed by atoms with van der Waals surface area (Å²) >= 11 is 0. The lowest BCUT2D eigenvalue weighted by molar-refractivity contribution is 0.153. The van der Waals surface area contributed by atoms with Crippen LogP contribution in [0.1, 0.15) is 49.3 Å². The average molecular weight is 285 g/mol. The van der Waals surface area contributed by atoms with Gasteiger partial charge in [-0.2, -0.15) is 0 Å². The first-order chi connectivity index (χ1) is 10.1. The zero-order chi connectivity index (χ0) is 15.0. The number of hydrogen-bond donors (Lipinski definition) is 1. The van der Waals surface area contributed by atoms with Crippen molar-refractivity contribution in [1.82, 2.24) is 4.90 Å². The van der Waals surface area contributed by atoms with Crippen LogP contribution in [-0.4, -0.2) is 29.6 Å². The molecule has 1 aliphatic carbocycles. The van der Waals surface area contributed by atoms with Crippen LogP contribution in [-0.2, 0) is 6.42 Å². The van der Waals surface area contributed by atoms with Gasteiger partial charge < -0.3 is 5.11 Å². The molecule has 1 heterocycles. The van der Waals surface area contributed by atoms with Gasteiger partial charge in [0.2, 0.25) is 0 Å². The third kappa shape index (κ3) is 2.87. The molecule has 2 unspecified atom stereocenters. The minimum absolute atomic E-state index is 0.473. The van der Waals surface area contributed by atoms with Crippen molar-refractivity contribution in [2.24, 2.45) is 5.92 Å². The summed E-state index contributed by atoms with van der Waals surface area (Å²) in [5.41, 5.74) is 5.48. The molecule has 0 saturated carbocycles. The van der Waals surface area contributed by atoms with Gasteiger partial charge in [-0.05, 0) is 81.2 Å². The van der Waals surface area contributed by atoms with Crippen LogP contribution in [0.2, 0.25) is 0 Å². The summed E-state index contributed by atoms with van der Waals surface area (Å²) in [6.07, 6.45) is 6.05. The number of rotatable bonds is 2. The van der Waals surface area contributed by atoms with Crippen molar-refractivity contribution in [2.45, 2.75) is 46.0 Å². The molecular formula is C19H27NO. The number of phenols is 1. The first-order valence-electron chi connectivity index (χ1n) is 8.23. The number of phenolic OH excluding ortho intramolecular Hbond substituents is 1. The second-order valence-electron chi connectivity index (χ2n) is 7.02. The number of nitrogens with zero attached hydrogens (tertiary/aromatic N) is 1. The van der Waals surface area contributed by atoms with Crippen LogP contribution in [0, 0.1) is 12.8 Å². The Labute approximate surface area is 128 Å². The molecule has 0 spiro atoms. The first-order valence-corrected chi connectivity index (χ1v) is 8.23. The van der Waals surface area contributed by atoms with Crippen molar-refractivity contribution in [3.8, 4) is 5.75 Å². The highest BCUT2D eigenvalue weighted by molar-refractivity contribution is 5.47. The Hall–Kier alpha value is -1.28. The van der Waals surface area contributed by atoms with E-state index in [1.54, 1.807) is 0 Å². The second-order valence-corrected chi connectivity index (χ2v) is 7.02. The van der Waals surface area contributed by atoms with E-state index < -0.39 is 0 Å². The first kappa shape index (κ1) is 14.6. The van der Waals surface area contributed by atoms with Gasteiger partial charge >= 0.3 is 0 Å². The predicted octanol–water partition coefficient (Wildman–Crippen LogP) is 4.02. The predicted molar refractivity (Wildman–Crippen MR) is 87.9 cm³/mol. The molecule has 1 aromatic carbocycles. The lowest BCUT2D eigenvalue weighted by atomic mass is 9.70. The number of fused-ring (bicyclic) bond motifs is 3. The number of likely N-dealkylation sites (tertiary alicyclic amines) is 1. The Balaban J connectivity index is 1.80. The van der Waals surface area contributed by atoms with Crippen LogP contribution in [0.5, 0.6) is 5.75 Å². The molecule has 1 saturated heterocycles. The molecule has 3 rings (SSSR count). The molecule has 2 aliphatic rings. The zero-order valence-electron chi connectivity index (χ0n) is 13.5. The van der Waals surface area contributed by atoms with Gasteiger partial charge in [-0.25, -0.2) is 0 Å². The maximum absolute atomic E-state index is 10.0. The summed E-state index contributed by atoms with van der Waals surface area (Å²) in [7, 11) is 0. The van der Waals surface area contributed by atoms with Crippen LogP contribution in [0.25, 0.3) is 0 Å². The van der Waals surface area contributed by atoms with E-state index in [1.807, 2.05) is 6.07 Å². The number of allylic oxidation sites excluding steroid dienone is 1. The van der Waals surface area contributed by atoms with E-state index >= 15 is 0 Å². The molecule has 1 aromatic rings. The van der Waals surface area contributed by atoms with Gasteiger partial charge in [0.25, 0.3) is 0 Å². The average Bonchev–Trinajstić information content (AvgIpc) is 2.48. The number of benzene rings is 1. The Kier molecular flexibility index (Phi) is 4.08. The largest absolute Gasteiger partial charge is 0.508 e. The molecule has 1 fully saturated rings.